The molecule has 0 atom stereocenters. The lowest BCUT2D eigenvalue weighted by atomic mass is 10.2. The molecule has 0 saturated carbocycles. The molecule has 1 aromatic carbocycles. The second-order valence-corrected chi connectivity index (χ2v) is 6.03. The lowest BCUT2D eigenvalue weighted by molar-refractivity contribution is 0.0531. The average molecular weight is 358 g/mol. The molecule has 8 heteroatoms. The van der Waals surface area contributed by atoms with Crippen molar-refractivity contribution in [2.45, 2.75) is 13.8 Å². The SMILES string of the molecule is CCOC(=O)c1sc(N/N=C\c2ccc(Cl)cc2Cl)nc1C. The third-order valence-electron chi connectivity index (χ3n) is 2.58. The Morgan fingerprint density at radius 1 is 1.50 bits per heavy atom. The molecule has 1 N–H and O–H groups in total. The lowest BCUT2D eigenvalue weighted by Crippen LogP contribution is -2.03. The van der Waals surface area contributed by atoms with E-state index in [1.807, 2.05) is 0 Å². The van der Waals surface area contributed by atoms with E-state index in [1.165, 1.54) is 11.3 Å². The van der Waals surface area contributed by atoms with Crippen molar-refractivity contribution in [2.24, 2.45) is 5.10 Å². The van der Waals surface area contributed by atoms with E-state index in [0.717, 1.165) is 5.56 Å². The van der Waals surface area contributed by atoms with Gasteiger partial charge in [-0.15, -0.1) is 0 Å². The predicted octanol–water partition coefficient (Wildman–Crippen LogP) is 4.38. The average Bonchev–Trinajstić information content (AvgIpc) is 2.83. The Hall–Kier alpha value is -1.63. The van der Waals surface area contributed by atoms with Gasteiger partial charge in [0.05, 0.1) is 23.5 Å². The molecule has 0 aliphatic carbocycles. The first-order valence-corrected chi connectivity index (χ1v) is 7.97. The number of rotatable bonds is 5. The molecule has 0 aliphatic rings. The number of halogens is 2. The van der Waals surface area contributed by atoms with E-state index in [4.69, 9.17) is 27.9 Å². The number of nitrogens with one attached hydrogen (secondary N) is 1. The molecule has 2 aromatic rings. The van der Waals surface area contributed by atoms with Gasteiger partial charge in [0.1, 0.15) is 4.88 Å². The maximum absolute atomic E-state index is 11.7. The van der Waals surface area contributed by atoms with Crippen LogP contribution in [0, 0.1) is 6.92 Å². The summed E-state index contributed by atoms with van der Waals surface area (Å²) in [5, 5.41) is 5.62. The Balaban J connectivity index is 2.07. The number of nitrogens with zero attached hydrogens (tertiary/aromatic N) is 2. The fourth-order valence-electron chi connectivity index (χ4n) is 1.59. The molecular formula is C14H13Cl2N3O2S. The van der Waals surface area contributed by atoms with Crippen LogP contribution in [0.4, 0.5) is 5.13 Å². The number of carbonyl (C=O) groups excluding carboxylic acids is 1. The summed E-state index contributed by atoms with van der Waals surface area (Å²) in [6.07, 6.45) is 1.55. The molecule has 0 spiro atoms. The van der Waals surface area contributed by atoms with Crippen LogP contribution in [0.25, 0.3) is 0 Å². The summed E-state index contributed by atoms with van der Waals surface area (Å²) in [6, 6.07) is 5.12. The number of aryl methyl sites for hydroxylation is 1. The maximum atomic E-state index is 11.7. The van der Waals surface area contributed by atoms with E-state index >= 15 is 0 Å². The van der Waals surface area contributed by atoms with Gasteiger partial charge >= 0.3 is 5.97 Å². The summed E-state index contributed by atoms with van der Waals surface area (Å²) in [5.74, 6) is -0.379. The fourth-order valence-corrected chi connectivity index (χ4v) is 2.86. The van der Waals surface area contributed by atoms with Crippen molar-refractivity contribution in [3.63, 3.8) is 0 Å². The largest absolute Gasteiger partial charge is 0.462 e. The molecule has 2 rings (SSSR count). The van der Waals surface area contributed by atoms with Gasteiger partial charge in [-0.1, -0.05) is 40.6 Å². The third kappa shape index (κ3) is 4.19. The van der Waals surface area contributed by atoms with Gasteiger partial charge < -0.3 is 4.74 Å². The number of benzene rings is 1. The molecule has 0 bridgehead atoms. The Morgan fingerprint density at radius 2 is 2.27 bits per heavy atom. The number of hydrogen-bond acceptors (Lipinski definition) is 6. The van der Waals surface area contributed by atoms with Crippen molar-refractivity contribution >= 4 is 51.9 Å². The van der Waals surface area contributed by atoms with Crippen LogP contribution in [0.1, 0.15) is 27.9 Å². The molecule has 1 heterocycles. The first kappa shape index (κ1) is 16.7. The molecule has 0 aliphatic heterocycles. The zero-order valence-corrected chi connectivity index (χ0v) is 14.2. The van der Waals surface area contributed by atoms with Gasteiger partial charge in [0.25, 0.3) is 0 Å². The number of aromatic nitrogens is 1. The van der Waals surface area contributed by atoms with Crippen LogP contribution in [0.15, 0.2) is 23.3 Å². The van der Waals surface area contributed by atoms with Crippen LogP contribution >= 0.6 is 34.5 Å². The normalized spacial score (nSPS) is 10.9. The number of esters is 1. The van der Waals surface area contributed by atoms with Crippen LogP contribution < -0.4 is 5.43 Å². The summed E-state index contributed by atoms with van der Waals surface area (Å²) in [4.78, 5) is 16.4. The Kier molecular flexibility index (Phi) is 5.76. The van der Waals surface area contributed by atoms with Crippen molar-refractivity contribution in [2.75, 3.05) is 12.0 Å². The van der Waals surface area contributed by atoms with Crippen LogP contribution in [0.5, 0.6) is 0 Å². The van der Waals surface area contributed by atoms with E-state index in [2.05, 4.69) is 15.5 Å². The Bertz CT molecular complexity index is 716. The predicted molar refractivity (Wildman–Crippen MR) is 90.5 cm³/mol. The van der Waals surface area contributed by atoms with Gasteiger partial charge in [-0.05, 0) is 26.0 Å². The molecule has 0 fully saturated rings. The van der Waals surface area contributed by atoms with Crippen molar-refractivity contribution < 1.29 is 9.53 Å². The molecule has 5 nitrogen and oxygen atoms in total. The van der Waals surface area contributed by atoms with Crippen LogP contribution in [0.2, 0.25) is 10.0 Å². The molecule has 0 saturated heterocycles. The Labute approximate surface area is 141 Å². The second-order valence-electron chi connectivity index (χ2n) is 4.19. The van der Waals surface area contributed by atoms with Crippen molar-refractivity contribution in [1.82, 2.24) is 4.98 Å². The van der Waals surface area contributed by atoms with E-state index in [0.29, 0.717) is 32.4 Å². The highest BCUT2D eigenvalue weighted by atomic mass is 35.5. The minimum atomic E-state index is -0.379. The van der Waals surface area contributed by atoms with Gasteiger partial charge in [-0.3, -0.25) is 5.43 Å². The highest BCUT2D eigenvalue weighted by molar-refractivity contribution is 7.17. The fraction of sp³-hybridized carbons (Fsp3) is 0.214. The summed E-state index contributed by atoms with van der Waals surface area (Å²) in [6.45, 7) is 3.83. The number of carbonyl (C=O) groups is 1. The van der Waals surface area contributed by atoms with Crippen molar-refractivity contribution in [3.8, 4) is 0 Å². The molecule has 0 radical (unpaired) electrons. The molecule has 0 amide bonds. The van der Waals surface area contributed by atoms with E-state index in [1.54, 1.807) is 38.3 Å². The first-order chi connectivity index (χ1) is 10.5. The first-order valence-electron chi connectivity index (χ1n) is 6.40. The van der Waals surface area contributed by atoms with E-state index < -0.39 is 0 Å². The smallest absolute Gasteiger partial charge is 0.350 e. The quantitative estimate of drug-likeness (QED) is 0.489. The minimum absolute atomic E-state index is 0.326. The second kappa shape index (κ2) is 7.58. The molecular weight excluding hydrogens is 345 g/mol. The van der Waals surface area contributed by atoms with Crippen molar-refractivity contribution in [3.05, 3.63) is 44.4 Å². The highest BCUT2D eigenvalue weighted by Gasteiger charge is 2.15. The standard InChI is InChI=1S/C14H13Cl2N3O2S/c1-3-21-13(20)12-8(2)18-14(22-12)19-17-7-9-4-5-10(15)6-11(9)16/h4-7H,3H2,1-2H3,(H,18,19)/b17-7-. The number of hydrazone groups is 1. The monoisotopic (exact) mass is 357 g/mol. The number of anilines is 1. The van der Waals surface area contributed by atoms with E-state index in [9.17, 15) is 4.79 Å². The summed E-state index contributed by atoms with van der Waals surface area (Å²) in [7, 11) is 0. The van der Waals surface area contributed by atoms with Gasteiger partial charge in [0.2, 0.25) is 5.13 Å². The minimum Gasteiger partial charge on any atom is -0.462 e. The zero-order chi connectivity index (χ0) is 16.1. The summed E-state index contributed by atoms with van der Waals surface area (Å²) >= 11 is 13.0. The van der Waals surface area contributed by atoms with Crippen molar-refractivity contribution in [1.29, 1.82) is 0 Å². The molecule has 22 heavy (non-hydrogen) atoms. The summed E-state index contributed by atoms with van der Waals surface area (Å²) in [5.41, 5.74) is 4.09. The topological polar surface area (TPSA) is 63.6 Å². The number of ether oxygens (including phenoxy) is 1. The van der Waals surface area contributed by atoms with Gasteiger partial charge in [-0.25, -0.2) is 9.78 Å². The molecule has 0 unspecified atom stereocenters. The van der Waals surface area contributed by atoms with Gasteiger partial charge in [0.15, 0.2) is 0 Å². The van der Waals surface area contributed by atoms with Crippen LogP contribution in [-0.2, 0) is 4.74 Å². The van der Waals surface area contributed by atoms with E-state index in [-0.39, 0.29) is 5.97 Å². The molecule has 1 aromatic heterocycles. The van der Waals surface area contributed by atoms with Crippen LogP contribution in [-0.4, -0.2) is 23.8 Å². The summed E-state index contributed by atoms with van der Waals surface area (Å²) < 4.78 is 4.96. The van der Waals surface area contributed by atoms with Crippen LogP contribution in [0.3, 0.4) is 0 Å². The highest BCUT2D eigenvalue weighted by Crippen LogP contribution is 2.23. The Morgan fingerprint density at radius 3 is 2.95 bits per heavy atom. The zero-order valence-electron chi connectivity index (χ0n) is 11.9. The third-order valence-corrected chi connectivity index (χ3v) is 4.19. The number of thiazole rings is 1. The van der Waals surface area contributed by atoms with Gasteiger partial charge in [0, 0.05) is 10.6 Å². The maximum Gasteiger partial charge on any atom is 0.350 e. The van der Waals surface area contributed by atoms with Gasteiger partial charge in [-0.2, -0.15) is 5.10 Å². The number of hydrogen-bond donors (Lipinski definition) is 1. The lowest BCUT2D eigenvalue weighted by Gasteiger charge is -1.98. The molecule has 116 valence electrons.